The van der Waals surface area contributed by atoms with Crippen LogP contribution in [0.15, 0.2) is 53.7 Å². The van der Waals surface area contributed by atoms with Gasteiger partial charge in [0.1, 0.15) is 22.9 Å². The summed E-state index contributed by atoms with van der Waals surface area (Å²) < 4.78 is 11.3. The van der Waals surface area contributed by atoms with Crippen LogP contribution in [0.1, 0.15) is 53.7 Å². The molecule has 0 saturated carbocycles. The molecule has 1 aromatic carbocycles. The monoisotopic (exact) mass is 503 g/mol. The fourth-order valence-corrected chi connectivity index (χ4v) is 5.31. The fourth-order valence-electron chi connectivity index (χ4n) is 5.31. The number of pyridine rings is 1. The van der Waals surface area contributed by atoms with Crippen molar-refractivity contribution in [1.29, 1.82) is 0 Å². The van der Waals surface area contributed by atoms with E-state index in [1.54, 1.807) is 41.5 Å². The maximum atomic E-state index is 13.4. The summed E-state index contributed by atoms with van der Waals surface area (Å²) >= 11 is 0. The largest absolute Gasteiger partial charge is 0.455 e. The molecule has 8 nitrogen and oxygen atoms in total. The van der Waals surface area contributed by atoms with E-state index in [1.165, 1.54) is 9.80 Å². The summed E-state index contributed by atoms with van der Waals surface area (Å²) in [6.45, 7) is 11.2. The first-order valence-electron chi connectivity index (χ1n) is 12.7. The van der Waals surface area contributed by atoms with Crippen LogP contribution in [0, 0.1) is 5.92 Å². The highest BCUT2D eigenvalue weighted by molar-refractivity contribution is 6.03. The van der Waals surface area contributed by atoms with Crippen molar-refractivity contribution in [2.75, 3.05) is 6.54 Å². The molecule has 2 aromatic rings. The van der Waals surface area contributed by atoms with Crippen molar-refractivity contribution in [2.24, 2.45) is 5.92 Å². The highest BCUT2D eigenvalue weighted by atomic mass is 16.6. The molecular formula is C29H33N3O5. The van der Waals surface area contributed by atoms with Gasteiger partial charge in [-0.3, -0.25) is 14.6 Å². The van der Waals surface area contributed by atoms with Crippen LogP contribution in [-0.2, 0) is 19.1 Å². The molecule has 0 aliphatic carbocycles. The number of nitrogens with zero attached hydrogens (tertiary/aromatic N) is 3. The number of β-lactam (4-membered cyclic amide) rings is 1. The number of likely N-dealkylation sites (tertiary alicyclic amines) is 1. The second kappa shape index (κ2) is 8.71. The minimum Gasteiger partial charge on any atom is -0.455 e. The predicted octanol–water partition coefficient (Wildman–Crippen LogP) is 4.69. The van der Waals surface area contributed by atoms with Gasteiger partial charge in [0.2, 0.25) is 0 Å². The van der Waals surface area contributed by atoms with E-state index in [1.807, 2.05) is 48.6 Å². The van der Waals surface area contributed by atoms with Crippen molar-refractivity contribution < 1.29 is 23.9 Å². The van der Waals surface area contributed by atoms with Gasteiger partial charge in [0.25, 0.3) is 5.91 Å². The van der Waals surface area contributed by atoms with Gasteiger partial charge in [0.15, 0.2) is 0 Å². The number of carbonyl (C=O) groups is 3. The third kappa shape index (κ3) is 4.72. The Morgan fingerprint density at radius 3 is 2.38 bits per heavy atom. The van der Waals surface area contributed by atoms with Crippen LogP contribution in [-0.4, -0.2) is 62.6 Å². The molecule has 0 N–H and O–H groups in total. The van der Waals surface area contributed by atoms with Gasteiger partial charge in [-0.1, -0.05) is 30.3 Å². The average Bonchev–Trinajstić information content (AvgIpc) is 3.16. The molecule has 5 rings (SSSR count). The molecule has 0 spiro atoms. The number of hydrogen-bond acceptors (Lipinski definition) is 6. The number of para-hydroxylation sites is 1. The number of amides is 2. The van der Waals surface area contributed by atoms with Crippen molar-refractivity contribution in [1.82, 2.24) is 14.8 Å². The van der Waals surface area contributed by atoms with Crippen LogP contribution in [0.5, 0.6) is 0 Å². The van der Waals surface area contributed by atoms with Gasteiger partial charge in [-0.05, 0) is 71.7 Å². The third-order valence-electron chi connectivity index (χ3n) is 6.68. The lowest BCUT2D eigenvalue weighted by Gasteiger charge is -2.50. The van der Waals surface area contributed by atoms with Gasteiger partial charge in [0.05, 0.1) is 17.3 Å². The van der Waals surface area contributed by atoms with Crippen molar-refractivity contribution in [3.63, 3.8) is 0 Å². The first-order valence-corrected chi connectivity index (χ1v) is 12.7. The minimum absolute atomic E-state index is 0.00869. The maximum absolute atomic E-state index is 13.4. The van der Waals surface area contributed by atoms with E-state index in [0.717, 1.165) is 16.6 Å². The second-order valence-electron chi connectivity index (χ2n) is 11.9. The number of allylic oxidation sites excluding steroid dienone is 2. The number of rotatable bonds is 3. The van der Waals surface area contributed by atoms with E-state index in [2.05, 4.69) is 0 Å². The molecule has 2 amide bonds. The molecule has 37 heavy (non-hydrogen) atoms. The highest BCUT2D eigenvalue weighted by Crippen LogP contribution is 2.48. The Labute approximate surface area is 216 Å². The van der Waals surface area contributed by atoms with E-state index in [0.29, 0.717) is 18.5 Å². The van der Waals surface area contributed by atoms with Gasteiger partial charge >= 0.3 is 12.1 Å². The molecule has 8 heteroatoms. The fraction of sp³-hybridized carbons (Fsp3) is 0.448. The van der Waals surface area contributed by atoms with Crippen molar-refractivity contribution in [2.45, 2.75) is 71.2 Å². The molecule has 2 unspecified atom stereocenters. The first-order chi connectivity index (χ1) is 17.3. The Balaban J connectivity index is 1.48. The summed E-state index contributed by atoms with van der Waals surface area (Å²) in [6, 6.07) is 10.9. The summed E-state index contributed by atoms with van der Waals surface area (Å²) in [7, 11) is 0. The Morgan fingerprint density at radius 2 is 1.68 bits per heavy atom. The molecule has 3 atom stereocenters. The van der Waals surface area contributed by atoms with E-state index in [4.69, 9.17) is 14.5 Å². The number of esters is 1. The van der Waals surface area contributed by atoms with Gasteiger partial charge in [-0.25, -0.2) is 14.6 Å². The SMILES string of the molecule is CC(C)(C)OC(=O)C1=C(C=Cc2ccc3ccccc3n2)CC2CN(C(=O)OC(C)(C)C)C3C(=O)N1[C@H]23. The van der Waals surface area contributed by atoms with Crippen LogP contribution >= 0.6 is 0 Å². The predicted molar refractivity (Wildman–Crippen MR) is 139 cm³/mol. The number of ether oxygens (including phenoxy) is 2. The van der Waals surface area contributed by atoms with E-state index >= 15 is 0 Å². The Morgan fingerprint density at radius 1 is 0.973 bits per heavy atom. The van der Waals surface area contributed by atoms with Crippen molar-refractivity contribution >= 4 is 34.9 Å². The zero-order chi connectivity index (χ0) is 26.7. The van der Waals surface area contributed by atoms with E-state index < -0.39 is 29.3 Å². The van der Waals surface area contributed by atoms with Crippen LogP contribution in [0.25, 0.3) is 17.0 Å². The molecule has 0 bridgehead atoms. The molecule has 0 radical (unpaired) electrons. The Kier molecular flexibility index (Phi) is 5.89. The van der Waals surface area contributed by atoms with Crippen molar-refractivity contribution in [3.8, 4) is 0 Å². The summed E-state index contributed by atoms with van der Waals surface area (Å²) in [5, 5.41) is 1.04. The quantitative estimate of drug-likeness (QED) is 0.446. The highest BCUT2D eigenvalue weighted by Gasteiger charge is 2.64. The number of fused-ring (bicyclic) bond motifs is 1. The smallest absolute Gasteiger partial charge is 0.411 e. The number of carbonyl (C=O) groups excluding carboxylic acids is 3. The summed E-state index contributed by atoms with van der Waals surface area (Å²) in [6.07, 6.45) is 3.73. The summed E-state index contributed by atoms with van der Waals surface area (Å²) in [5.41, 5.74) is 1.17. The van der Waals surface area contributed by atoms with E-state index in [-0.39, 0.29) is 23.6 Å². The molecule has 3 aliphatic heterocycles. The average molecular weight is 504 g/mol. The zero-order valence-electron chi connectivity index (χ0n) is 22.1. The molecule has 1 aromatic heterocycles. The standard InChI is InChI=1S/C29H33N3O5/c1-28(2,3)36-26(34)23-18(12-14-20-13-11-17-9-7-8-10-21(17)30-20)15-19-16-31(27(35)37-29(4,5)6)24-22(19)32(23)25(24)33/h7-14,19,22,24H,15-16H2,1-6H3/t19?,22-,24?/m1/s1. The minimum atomic E-state index is -0.721. The van der Waals surface area contributed by atoms with Crippen LogP contribution in [0.3, 0.4) is 0 Å². The zero-order valence-corrected chi connectivity index (χ0v) is 22.1. The summed E-state index contributed by atoms with van der Waals surface area (Å²) in [4.78, 5) is 47.4. The summed E-state index contributed by atoms with van der Waals surface area (Å²) in [5.74, 6) is -0.834. The molecule has 3 aliphatic rings. The number of hydrogen-bond donors (Lipinski definition) is 0. The van der Waals surface area contributed by atoms with Crippen LogP contribution in [0.2, 0.25) is 0 Å². The molecular weight excluding hydrogens is 470 g/mol. The number of aromatic nitrogens is 1. The lowest BCUT2D eigenvalue weighted by Crippen LogP contribution is -2.69. The van der Waals surface area contributed by atoms with Gasteiger partial charge < -0.3 is 9.47 Å². The van der Waals surface area contributed by atoms with Crippen molar-refractivity contribution in [3.05, 3.63) is 59.4 Å². The van der Waals surface area contributed by atoms with Gasteiger partial charge in [-0.2, -0.15) is 0 Å². The lowest BCUT2D eigenvalue weighted by molar-refractivity contribution is -0.163. The molecule has 4 heterocycles. The normalized spacial score (nSPS) is 23.4. The van der Waals surface area contributed by atoms with Crippen LogP contribution < -0.4 is 0 Å². The molecule has 194 valence electrons. The topological polar surface area (TPSA) is 89.0 Å². The Hall–Kier alpha value is -3.68. The maximum Gasteiger partial charge on any atom is 0.411 e. The Bertz CT molecular complexity index is 1350. The third-order valence-corrected chi connectivity index (χ3v) is 6.68. The van der Waals surface area contributed by atoms with Gasteiger partial charge in [0, 0.05) is 17.8 Å². The molecule has 2 fully saturated rings. The lowest BCUT2D eigenvalue weighted by atomic mass is 9.79. The van der Waals surface area contributed by atoms with Crippen LogP contribution in [0.4, 0.5) is 4.79 Å². The van der Waals surface area contributed by atoms with E-state index in [9.17, 15) is 14.4 Å². The molecule has 2 saturated heterocycles. The van der Waals surface area contributed by atoms with Gasteiger partial charge in [-0.15, -0.1) is 0 Å². The first kappa shape index (κ1) is 25.0. The second-order valence-corrected chi connectivity index (χ2v) is 11.9. The number of benzene rings is 1.